The van der Waals surface area contributed by atoms with Crippen LogP contribution in [0.4, 0.5) is 4.39 Å². The van der Waals surface area contributed by atoms with Gasteiger partial charge >= 0.3 is 5.97 Å². The van der Waals surface area contributed by atoms with E-state index in [9.17, 15) is 9.18 Å². The van der Waals surface area contributed by atoms with Gasteiger partial charge in [-0.25, -0.2) is 9.18 Å². The molecule has 3 nitrogen and oxygen atoms in total. The molecule has 0 bridgehead atoms. The van der Waals surface area contributed by atoms with Crippen LogP contribution in [0.25, 0.3) is 10.9 Å². The molecule has 0 saturated heterocycles. The molecule has 84 valence electrons. The molecule has 1 unspecified atom stereocenters. The number of fused-ring (bicyclic) bond motifs is 1. The Labute approximate surface area is 92.1 Å². The number of carbonyl (C=O) groups is 1. The second kappa shape index (κ2) is 3.63. The number of hydrogen-bond donors (Lipinski definition) is 1. The highest BCUT2D eigenvalue weighted by Gasteiger charge is 2.14. The molecule has 1 N–H and O–H groups in total. The van der Waals surface area contributed by atoms with Crippen molar-refractivity contribution in [3.8, 4) is 0 Å². The number of hydrogen-bond acceptors (Lipinski definition) is 1. The topological polar surface area (TPSA) is 42.2 Å². The van der Waals surface area contributed by atoms with Gasteiger partial charge in [-0.2, -0.15) is 0 Å². The van der Waals surface area contributed by atoms with E-state index in [1.54, 1.807) is 16.8 Å². The molecule has 0 spiro atoms. The SMILES string of the molecule is CC(F)c1cn(C)c2ccc(C(=O)O)cc12. The first-order valence-electron chi connectivity index (χ1n) is 4.97. The van der Waals surface area contributed by atoms with Gasteiger partial charge in [-0.05, 0) is 25.1 Å². The maximum absolute atomic E-state index is 13.3. The van der Waals surface area contributed by atoms with Crippen LogP contribution < -0.4 is 0 Å². The van der Waals surface area contributed by atoms with E-state index in [0.29, 0.717) is 10.9 Å². The van der Waals surface area contributed by atoms with Crippen molar-refractivity contribution in [3.05, 3.63) is 35.5 Å². The Hall–Kier alpha value is -1.84. The van der Waals surface area contributed by atoms with E-state index in [-0.39, 0.29) is 5.56 Å². The smallest absolute Gasteiger partial charge is 0.335 e. The van der Waals surface area contributed by atoms with Crippen LogP contribution in [0.15, 0.2) is 24.4 Å². The summed E-state index contributed by atoms with van der Waals surface area (Å²) >= 11 is 0. The van der Waals surface area contributed by atoms with E-state index < -0.39 is 12.1 Å². The fourth-order valence-corrected chi connectivity index (χ4v) is 1.87. The van der Waals surface area contributed by atoms with Crippen molar-refractivity contribution in [1.82, 2.24) is 4.57 Å². The maximum Gasteiger partial charge on any atom is 0.335 e. The van der Waals surface area contributed by atoms with Crippen molar-refractivity contribution >= 4 is 16.9 Å². The highest BCUT2D eigenvalue weighted by Crippen LogP contribution is 2.28. The van der Waals surface area contributed by atoms with Crippen LogP contribution in [0.1, 0.15) is 29.0 Å². The highest BCUT2D eigenvalue weighted by molar-refractivity contribution is 5.95. The van der Waals surface area contributed by atoms with E-state index in [2.05, 4.69) is 0 Å². The molecule has 1 aromatic heterocycles. The number of aromatic carboxylic acids is 1. The van der Waals surface area contributed by atoms with E-state index in [4.69, 9.17) is 5.11 Å². The molecular formula is C12H12FNO2. The summed E-state index contributed by atoms with van der Waals surface area (Å²) in [6, 6.07) is 4.74. The first-order chi connectivity index (χ1) is 7.50. The number of alkyl halides is 1. The Morgan fingerprint density at radius 2 is 2.19 bits per heavy atom. The molecule has 0 saturated carbocycles. The van der Waals surface area contributed by atoms with Crippen molar-refractivity contribution in [2.75, 3.05) is 0 Å². The number of nitrogens with zero attached hydrogens (tertiary/aromatic N) is 1. The molecule has 0 fully saturated rings. The van der Waals surface area contributed by atoms with Gasteiger partial charge in [-0.3, -0.25) is 0 Å². The summed E-state index contributed by atoms with van der Waals surface area (Å²) in [4.78, 5) is 10.8. The minimum atomic E-state index is -1.10. The lowest BCUT2D eigenvalue weighted by Gasteiger charge is -2.00. The van der Waals surface area contributed by atoms with Crippen molar-refractivity contribution in [3.63, 3.8) is 0 Å². The quantitative estimate of drug-likeness (QED) is 0.847. The first kappa shape index (κ1) is 10.7. The van der Waals surface area contributed by atoms with Crippen molar-refractivity contribution < 1.29 is 14.3 Å². The van der Waals surface area contributed by atoms with Gasteiger partial charge in [0.15, 0.2) is 0 Å². The van der Waals surface area contributed by atoms with Crippen LogP contribution in [0.5, 0.6) is 0 Å². The molecule has 0 aliphatic heterocycles. The van der Waals surface area contributed by atoms with E-state index in [0.717, 1.165) is 5.52 Å². The molecule has 16 heavy (non-hydrogen) atoms. The predicted octanol–water partition coefficient (Wildman–Crippen LogP) is 2.91. The summed E-state index contributed by atoms with van der Waals surface area (Å²) in [7, 11) is 1.81. The zero-order chi connectivity index (χ0) is 11.9. The van der Waals surface area contributed by atoms with Crippen molar-refractivity contribution in [2.24, 2.45) is 7.05 Å². The third-order valence-electron chi connectivity index (χ3n) is 2.70. The zero-order valence-corrected chi connectivity index (χ0v) is 9.07. The normalized spacial score (nSPS) is 12.9. The largest absolute Gasteiger partial charge is 0.478 e. The second-order valence-electron chi connectivity index (χ2n) is 3.85. The number of aryl methyl sites for hydroxylation is 1. The van der Waals surface area contributed by atoms with Gasteiger partial charge in [0.05, 0.1) is 5.56 Å². The van der Waals surface area contributed by atoms with Crippen LogP contribution >= 0.6 is 0 Å². The summed E-state index contributed by atoms with van der Waals surface area (Å²) in [5.41, 5.74) is 1.55. The molecule has 2 aromatic rings. The van der Waals surface area contributed by atoms with Crippen LogP contribution in [0, 0.1) is 0 Å². The predicted molar refractivity (Wildman–Crippen MR) is 59.4 cm³/mol. The van der Waals surface area contributed by atoms with Gasteiger partial charge in [0.2, 0.25) is 0 Å². The van der Waals surface area contributed by atoms with E-state index in [1.807, 2.05) is 7.05 Å². The molecular weight excluding hydrogens is 209 g/mol. The molecule has 1 atom stereocenters. The molecule has 0 amide bonds. The second-order valence-corrected chi connectivity index (χ2v) is 3.85. The van der Waals surface area contributed by atoms with Gasteiger partial charge < -0.3 is 9.67 Å². The van der Waals surface area contributed by atoms with Crippen molar-refractivity contribution in [1.29, 1.82) is 0 Å². The minimum Gasteiger partial charge on any atom is -0.478 e. The van der Waals surface area contributed by atoms with Gasteiger partial charge in [0.1, 0.15) is 6.17 Å². The lowest BCUT2D eigenvalue weighted by molar-refractivity contribution is 0.0697. The van der Waals surface area contributed by atoms with Crippen LogP contribution in [0.3, 0.4) is 0 Å². The summed E-state index contributed by atoms with van der Waals surface area (Å²) in [6.07, 6.45) is 0.591. The fraction of sp³-hybridized carbons (Fsp3) is 0.250. The lowest BCUT2D eigenvalue weighted by atomic mass is 10.1. The standard InChI is InChI=1S/C12H12FNO2/c1-7(13)10-6-14(2)11-4-3-8(12(15)16)5-9(10)11/h3-7H,1-2H3,(H,15,16). The monoisotopic (exact) mass is 221 g/mol. The average Bonchev–Trinajstić information content (AvgIpc) is 2.56. The number of aromatic nitrogens is 1. The van der Waals surface area contributed by atoms with Gasteiger partial charge in [-0.15, -0.1) is 0 Å². The molecule has 0 aliphatic rings. The number of halogens is 1. The Kier molecular flexibility index (Phi) is 2.42. The van der Waals surface area contributed by atoms with E-state index >= 15 is 0 Å². The Morgan fingerprint density at radius 1 is 1.50 bits per heavy atom. The third kappa shape index (κ3) is 1.56. The Balaban J connectivity index is 2.74. The summed E-state index contributed by atoms with van der Waals surface area (Å²) in [5.74, 6) is -0.997. The lowest BCUT2D eigenvalue weighted by Crippen LogP contribution is -1.95. The Morgan fingerprint density at radius 3 is 2.75 bits per heavy atom. The first-order valence-corrected chi connectivity index (χ1v) is 4.97. The fourth-order valence-electron chi connectivity index (χ4n) is 1.87. The number of carboxylic acid groups (broad SMARTS) is 1. The molecule has 0 radical (unpaired) electrons. The summed E-state index contributed by atoms with van der Waals surface area (Å²) in [5, 5.41) is 9.54. The maximum atomic E-state index is 13.3. The van der Waals surface area contributed by atoms with Crippen LogP contribution in [-0.4, -0.2) is 15.6 Å². The number of rotatable bonds is 2. The number of benzene rings is 1. The Bertz CT molecular complexity index is 557. The van der Waals surface area contributed by atoms with Gasteiger partial charge in [0.25, 0.3) is 0 Å². The van der Waals surface area contributed by atoms with Crippen LogP contribution in [-0.2, 0) is 7.05 Å². The third-order valence-corrected chi connectivity index (χ3v) is 2.70. The molecule has 1 heterocycles. The molecule has 4 heteroatoms. The average molecular weight is 221 g/mol. The minimum absolute atomic E-state index is 0.181. The van der Waals surface area contributed by atoms with Gasteiger partial charge in [-0.1, -0.05) is 0 Å². The highest BCUT2D eigenvalue weighted by atomic mass is 19.1. The van der Waals surface area contributed by atoms with Crippen molar-refractivity contribution in [2.45, 2.75) is 13.1 Å². The molecule has 2 rings (SSSR count). The van der Waals surface area contributed by atoms with E-state index in [1.165, 1.54) is 19.1 Å². The van der Waals surface area contributed by atoms with Gasteiger partial charge in [0, 0.05) is 29.7 Å². The zero-order valence-electron chi connectivity index (χ0n) is 9.07. The number of carboxylic acids is 1. The molecule has 1 aromatic carbocycles. The molecule has 0 aliphatic carbocycles. The van der Waals surface area contributed by atoms with Crippen LogP contribution in [0.2, 0.25) is 0 Å². The summed E-state index contributed by atoms with van der Waals surface area (Å²) < 4.78 is 15.1. The summed E-state index contributed by atoms with van der Waals surface area (Å²) in [6.45, 7) is 1.45.